The van der Waals surface area contributed by atoms with Gasteiger partial charge < -0.3 is 0 Å². The predicted octanol–water partition coefficient (Wildman–Crippen LogP) is -2.09. The molecule has 0 spiro atoms. The lowest BCUT2D eigenvalue weighted by atomic mass is 10.8. The van der Waals surface area contributed by atoms with Crippen LogP contribution in [0.1, 0.15) is 0 Å². The molecule has 0 aliphatic heterocycles. The van der Waals surface area contributed by atoms with Crippen molar-refractivity contribution in [2.45, 2.75) is 0 Å². The zero-order valence-corrected chi connectivity index (χ0v) is 6.74. The summed E-state index contributed by atoms with van der Waals surface area (Å²) in [4.78, 5) is 22.1. The van der Waals surface area contributed by atoms with E-state index >= 15 is 0 Å². The molecular formula is C6H10N3O2+. The highest BCUT2D eigenvalue weighted by molar-refractivity contribution is 4.61. The van der Waals surface area contributed by atoms with E-state index in [9.17, 15) is 9.59 Å². The van der Waals surface area contributed by atoms with Crippen molar-refractivity contribution in [3.8, 4) is 0 Å². The van der Waals surface area contributed by atoms with E-state index in [2.05, 4.69) is 0 Å². The van der Waals surface area contributed by atoms with E-state index in [1.807, 2.05) is 0 Å². The van der Waals surface area contributed by atoms with Gasteiger partial charge in [0.1, 0.15) is 0 Å². The van der Waals surface area contributed by atoms with Crippen molar-refractivity contribution >= 4 is 0 Å². The van der Waals surface area contributed by atoms with Gasteiger partial charge in [-0.1, -0.05) is 0 Å². The van der Waals surface area contributed by atoms with Crippen molar-refractivity contribution < 1.29 is 4.57 Å². The third kappa shape index (κ3) is 1.09. The number of aryl methyl sites for hydroxylation is 2. The molecule has 0 aliphatic rings. The Kier molecular flexibility index (Phi) is 1.64. The molecule has 1 rings (SSSR count). The van der Waals surface area contributed by atoms with E-state index in [4.69, 9.17) is 0 Å². The second kappa shape index (κ2) is 2.34. The Labute approximate surface area is 63.1 Å². The lowest BCUT2D eigenvalue weighted by Crippen LogP contribution is -2.57. The second-order valence-corrected chi connectivity index (χ2v) is 2.46. The summed E-state index contributed by atoms with van der Waals surface area (Å²) >= 11 is 0. The first-order valence-corrected chi connectivity index (χ1v) is 3.16. The van der Waals surface area contributed by atoms with Gasteiger partial charge in [-0.25, -0.2) is 18.7 Å². The van der Waals surface area contributed by atoms with E-state index in [-0.39, 0.29) is 11.4 Å². The van der Waals surface area contributed by atoms with Gasteiger partial charge in [-0.3, -0.25) is 0 Å². The van der Waals surface area contributed by atoms with E-state index in [0.29, 0.717) is 0 Å². The summed E-state index contributed by atoms with van der Waals surface area (Å²) in [5.74, 6) is 0. The molecule has 0 bridgehead atoms. The fourth-order valence-electron chi connectivity index (χ4n) is 0.914. The first kappa shape index (κ1) is 7.71. The molecule has 0 N–H and O–H groups in total. The summed E-state index contributed by atoms with van der Waals surface area (Å²) in [5, 5.41) is 0. The molecule has 5 heteroatoms. The zero-order chi connectivity index (χ0) is 8.59. The molecule has 0 unspecified atom stereocenters. The molecule has 0 radical (unpaired) electrons. The Morgan fingerprint density at radius 1 is 1.36 bits per heavy atom. The average Bonchev–Trinajstić information content (AvgIpc) is 1.97. The highest BCUT2D eigenvalue weighted by atomic mass is 16.2. The van der Waals surface area contributed by atoms with Gasteiger partial charge in [-0.2, -0.15) is 4.57 Å². The minimum absolute atomic E-state index is 0.312. The molecule has 0 amide bonds. The van der Waals surface area contributed by atoms with Crippen LogP contribution in [0.4, 0.5) is 0 Å². The first-order chi connectivity index (χ1) is 5.04. The predicted molar refractivity (Wildman–Crippen MR) is 38.1 cm³/mol. The van der Waals surface area contributed by atoms with Crippen molar-refractivity contribution in [3.63, 3.8) is 0 Å². The number of nitrogens with zero attached hydrogens (tertiary/aromatic N) is 3. The summed E-state index contributed by atoms with van der Waals surface area (Å²) in [7, 11) is 4.65. The molecule has 1 aromatic rings. The van der Waals surface area contributed by atoms with E-state index in [1.54, 1.807) is 14.1 Å². The number of aromatic nitrogens is 3. The molecular weight excluding hydrogens is 146 g/mol. The SMILES string of the molecule is Cn1c[n+](C)c(=O)n(C)c1=O. The Bertz CT molecular complexity index is 354. The van der Waals surface area contributed by atoms with Gasteiger partial charge in [0.15, 0.2) is 6.33 Å². The van der Waals surface area contributed by atoms with Crippen LogP contribution in [0.5, 0.6) is 0 Å². The van der Waals surface area contributed by atoms with Gasteiger partial charge in [0.05, 0.1) is 21.1 Å². The molecule has 0 aliphatic carbocycles. The third-order valence-electron chi connectivity index (χ3n) is 1.52. The van der Waals surface area contributed by atoms with Gasteiger partial charge in [0.2, 0.25) is 0 Å². The van der Waals surface area contributed by atoms with Gasteiger partial charge >= 0.3 is 11.4 Å². The molecule has 0 saturated carbocycles. The fraction of sp³-hybridized carbons (Fsp3) is 0.500. The van der Waals surface area contributed by atoms with E-state index < -0.39 is 0 Å². The normalized spacial score (nSPS) is 10.1. The fourth-order valence-corrected chi connectivity index (χ4v) is 0.914. The molecule has 1 heterocycles. The lowest BCUT2D eigenvalue weighted by molar-refractivity contribution is -0.695. The van der Waals surface area contributed by atoms with E-state index in [0.717, 1.165) is 4.57 Å². The Morgan fingerprint density at radius 2 is 1.91 bits per heavy atom. The average molecular weight is 156 g/mol. The van der Waals surface area contributed by atoms with Crippen LogP contribution in [-0.4, -0.2) is 9.13 Å². The van der Waals surface area contributed by atoms with Crippen LogP contribution in [0, 0.1) is 0 Å². The quantitative estimate of drug-likeness (QED) is 0.404. The Morgan fingerprint density at radius 3 is 2.45 bits per heavy atom. The summed E-state index contributed by atoms with van der Waals surface area (Å²) in [6.45, 7) is 0. The molecule has 0 aromatic carbocycles. The third-order valence-corrected chi connectivity index (χ3v) is 1.52. The summed E-state index contributed by atoms with van der Waals surface area (Å²) < 4.78 is 3.75. The van der Waals surface area contributed by atoms with Crippen LogP contribution < -0.4 is 15.9 Å². The van der Waals surface area contributed by atoms with Crippen LogP contribution in [-0.2, 0) is 21.1 Å². The topological polar surface area (TPSA) is 47.9 Å². The van der Waals surface area contributed by atoms with Crippen molar-refractivity contribution in [2.24, 2.45) is 21.1 Å². The Hall–Kier alpha value is -1.39. The van der Waals surface area contributed by atoms with Crippen molar-refractivity contribution in [2.75, 3.05) is 0 Å². The molecule has 60 valence electrons. The maximum absolute atomic E-state index is 11.1. The minimum Gasteiger partial charge on any atom is -0.212 e. The molecule has 0 saturated heterocycles. The number of rotatable bonds is 0. The molecule has 11 heavy (non-hydrogen) atoms. The van der Waals surface area contributed by atoms with E-state index in [1.165, 1.54) is 22.5 Å². The lowest BCUT2D eigenvalue weighted by Gasteiger charge is -1.95. The van der Waals surface area contributed by atoms with Crippen LogP contribution in [0.2, 0.25) is 0 Å². The summed E-state index contributed by atoms with van der Waals surface area (Å²) in [6, 6.07) is 0. The standard InChI is InChI=1S/C6H10N3O2/c1-7-4-8(2)6(11)9(3)5(7)10/h4H,1-3H3/q+1. The second-order valence-electron chi connectivity index (χ2n) is 2.46. The molecule has 0 fully saturated rings. The van der Waals surface area contributed by atoms with Gasteiger partial charge in [0, 0.05) is 0 Å². The van der Waals surface area contributed by atoms with Gasteiger partial charge in [0.25, 0.3) is 0 Å². The first-order valence-electron chi connectivity index (χ1n) is 3.16. The molecule has 0 atom stereocenters. The van der Waals surface area contributed by atoms with Crippen molar-refractivity contribution in [1.29, 1.82) is 0 Å². The monoisotopic (exact) mass is 156 g/mol. The Balaban J connectivity index is 3.74. The van der Waals surface area contributed by atoms with Crippen LogP contribution in [0.3, 0.4) is 0 Å². The van der Waals surface area contributed by atoms with Crippen molar-refractivity contribution in [3.05, 3.63) is 27.3 Å². The largest absolute Gasteiger partial charge is 0.447 e. The van der Waals surface area contributed by atoms with Crippen LogP contribution >= 0.6 is 0 Å². The summed E-state index contributed by atoms with van der Waals surface area (Å²) in [6.07, 6.45) is 1.45. The van der Waals surface area contributed by atoms with Crippen molar-refractivity contribution in [1.82, 2.24) is 9.13 Å². The smallest absolute Gasteiger partial charge is 0.212 e. The molecule has 5 nitrogen and oxygen atoms in total. The highest BCUT2D eigenvalue weighted by Crippen LogP contribution is 1.58. The van der Waals surface area contributed by atoms with Gasteiger partial charge in [-0.15, -0.1) is 0 Å². The number of hydrogen-bond acceptors (Lipinski definition) is 2. The maximum Gasteiger partial charge on any atom is 0.447 e. The van der Waals surface area contributed by atoms with Gasteiger partial charge in [-0.05, 0) is 0 Å². The van der Waals surface area contributed by atoms with Crippen LogP contribution in [0.25, 0.3) is 0 Å². The number of hydrogen-bond donors (Lipinski definition) is 0. The highest BCUT2D eigenvalue weighted by Gasteiger charge is 2.07. The zero-order valence-electron chi connectivity index (χ0n) is 6.74. The maximum atomic E-state index is 11.1. The molecule has 1 aromatic heterocycles. The van der Waals surface area contributed by atoms with Crippen LogP contribution in [0.15, 0.2) is 15.9 Å². The summed E-state index contributed by atoms with van der Waals surface area (Å²) in [5.41, 5.74) is -0.624. The minimum atomic E-state index is -0.312.